The predicted molar refractivity (Wildman–Crippen MR) is 73.1 cm³/mol. The van der Waals surface area contributed by atoms with E-state index >= 15 is 0 Å². The maximum absolute atomic E-state index is 5.66. The lowest BCUT2D eigenvalue weighted by atomic mass is 9.85. The summed E-state index contributed by atoms with van der Waals surface area (Å²) in [5, 5.41) is 0. The molecule has 0 aromatic carbocycles. The van der Waals surface area contributed by atoms with Crippen LogP contribution < -0.4 is 0 Å². The summed E-state index contributed by atoms with van der Waals surface area (Å²) in [6, 6.07) is 1.17. The van der Waals surface area contributed by atoms with E-state index in [2.05, 4.69) is 34.6 Å². The van der Waals surface area contributed by atoms with Gasteiger partial charge in [0.05, 0.1) is 0 Å². The Kier molecular flexibility index (Phi) is 9.28. The Morgan fingerprint density at radius 2 is 1.50 bits per heavy atom. The topological polar surface area (TPSA) is 18.5 Å². The van der Waals surface area contributed by atoms with E-state index in [0.29, 0.717) is 5.41 Å². The van der Waals surface area contributed by atoms with Gasteiger partial charge in [0.1, 0.15) is 0 Å². The molecule has 0 radical (unpaired) electrons. The molecule has 0 saturated carbocycles. The molecule has 2 nitrogen and oxygen atoms in total. The molecule has 0 aromatic rings. The van der Waals surface area contributed by atoms with E-state index in [0.717, 1.165) is 13.2 Å². The molecule has 0 bridgehead atoms. The van der Waals surface area contributed by atoms with Gasteiger partial charge in [-0.05, 0) is 31.7 Å². The number of hydrogen-bond donors (Lipinski definition) is 0. The van der Waals surface area contributed by atoms with E-state index in [9.17, 15) is 0 Å². The second kappa shape index (κ2) is 9.20. The first-order chi connectivity index (χ1) is 7.55. The van der Waals surface area contributed by atoms with Crippen LogP contribution in [0.2, 0.25) is 6.04 Å². The summed E-state index contributed by atoms with van der Waals surface area (Å²) in [7, 11) is -1.33. The lowest BCUT2D eigenvalue weighted by molar-refractivity contribution is 0.211. The summed E-state index contributed by atoms with van der Waals surface area (Å²) in [5.74, 6) is 0. The zero-order chi connectivity index (χ0) is 12.4. The molecule has 3 heteroatoms. The van der Waals surface area contributed by atoms with Crippen molar-refractivity contribution in [1.82, 2.24) is 0 Å². The van der Waals surface area contributed by atoms with Gasteiger partial charge in [-0.15, -0.1) is 0 Å². The van der Waals surface area contributed by atoms with Crippen molar-refractivity contribution in [2.45, 2.75) is 66.3 Å². The summed E-state index contributed by atoms with van der Waals surface area (Å²) < 4.78 is 11.3. The van der Waals surface area contributed by atoms with Crippen LogP contribution in [-0.4, -0.2) is 22.5 Å². The van der Waals surface area contributed by atoms with Gasteiger partial charge >= 0.3 is 9.28 Å². The smallest absolute Gasteiger partial charge is 0.321 e. The maximum atomic E-state index is 5.66. The number of hydrogen-bond acceptors (Lipinski definition) is 2. The standard InChI is InChI=1S/C13H30O2Si/c1-6-13(4,5)11-9-10-12-16(14-7-2)15-8-3/h16H,6-12H2,1-5H3. The molecule has 0 aliphatic carbocycles. The summed E-state index contributed by atoms with van der Waals surface area (Å²) >= 11 is 0. The van der Waals surface area contributed by atoms with Gasteiger partial charge in [-0.1, -0.05) is 40.0 Å². The third kappa shape index (κ3) is 8.31. The Morgan fingerprint density at radius 1 is 0.938 bits per heavy atom. The van der Waals surface area contributed by atoms with Crippen molar-refractivity contribution in [3.63, 3.8) is 0 Å². The lowest BCUT2D eigenvalue weighted by Gasteiger charge is -2.22. The Bertz CT molecular complexity index is 154. The summed E-state index contributed by atoms with van der Waals surface area (Å²) in [6.07, 6.45) is 5.17. The van der Waals surface area contributed by atoms with Crippen molar-refractivity contribution in [1.29, 1.82) is 0 Å². The van der Waals surface area contributed by atoms with Crippen molar-refractivity contribution in [2.24, 2.45) is 5.41 Å². The summed E-state index contributed by atoms with van der Waals surface area (Å²) in [6.45, 7) is 12.7. The van der Waals surface area contributed by atoms with Gasteiger partial charge in [-0.3, -0.25) is 0 Å². The van der Waals surface area contributed by atoms with Crippen LogP contribution in [0.25, 0.3) is 0 Å². The molecule has 0 amide bonds. The van der Waals surface area contributed by atoms with Gasteiger partial charge in [0, 0.05) is 13.2 Å². The minimum atomic E-state index is -1.33. The first-order valence-electron chi connectivity index (χ1n) is 6.79. The summed E-state index contributed by atoms with van der Waals surface area (Å²) in [5.41, 5.74) is 0.508. The van der Waals surface area contributed by atoms with Crippen LogP contribution in [0.1, 0.15) is 60.3 Å². The maximum Gasteiger partial charge on any atom is 0.321 e. The second-order valence-corrected chi connectivity index (χ2v) is 7.21. The van der Waals surface area contributed by atoms with Crippen LogP contribution in [0.4, 0.5) is 0 Å². The lowest BCUT2D eigenvalue weighted by Crippen LogP contribution is -2.22. The van der Waals surface area contributed by atoms with Crippen LogP contribution in [0.3, 0.4) is 0 Å². The zero-order valence-corrected chi connectivity index (χ0v) is 13.0. The minimum absolute atomic E-state index is 0.508. The molecular weight excluding hydrogens is 216 g/mol. The van der Waals surface area contributed by atoms with Crippen LogP contribution in [0.5, 0.6) is 0 Å². The average Bonchev–Trinajstić information content (AvgIpc) is 2.25. The molecule has 98 valence electrons. The molecular formula is C13H30O2Si. The van der Waals surface area contributed by atoms with Crippen LogP contribution in [0.15, 0.2) is 0 Å². The van der Waals surface area contributed by atoms with Crippen molar-refractivity contribution in [3.8, 4) is 0 Å². The van der Waals surface area contributed by atoms with Gasteiger partial charge in [0.25, 0.3) is 0 Å². The monoisotopic (exact) mass is 246 g/mol. The Hall–Kier alpha value is 0.137. The van der Waals surface area contributed by atoms with Crippen molar-refractivity contribution in [2.75, 3.05) is 13.2 Å². The molecule has 0 atom stereocenters. The van der Waals surface area contributed by atoms with E-state index in [1.807, 2.05) is 0 Å². The molecule has 0 aliphatic rings. The highest BCUT2D eigenvalue weighted by Gasteiger charge is 2.16. The molecule has 0 aromatic heterocycles. The van der Waals surface area contributed by atoms with Gasteiger partial charge in [-0.2, -0.15) is 0 Å². The third-order valence-corrected chi connectivity index (χ3v) is 5.50. The van der Waals surface area contributed by atoms with E-state index < -0.39 is 9.28 Å². The first-order valence-corrected chi connectivity index (χ1v) is 8.54. The van der Waals surface area contributed by atoms with Crippen molar-refractivity contribution >= 4 is 9.28 Å². The molecule has 0 aliphatic heterocycles. The van der Waals surface area contributed by atoms with E-state index in [4.69, 9.17) is 8.85 Å². The zero-order valence-electron chi connectivity index (χ0n) is 11.8. The number of unbranched alkanes of at least 4 members (excludes halogenated alkanes) is 1. The first kappa shape index (κ1) is 16.1. The minimum Gasteiger partial charge on any atom is -0.397 e. The fraction of sp³-hybridized carbons (Fsp3) is 1.00. The highest BCUT2D eigenvalue weighted by molar-refractivity contribution is 6.44. The fourth-order valence-corrected chi connectivity index (χ4v) is 3.47. The van der Waals surface area contributed by atoms with E-state index in [-0.39, 0.29) is 0 Å². The van der Waals surface area contributed by atoms with Gasteiger partial charge < -0.3 is 8.85 Å². The molecule has 0 unspecified atom stereocenters. The highest BCUT2D eigenvalue weighted by atomic mass is 28.3. The molecule has 0 spiro atoms. The third-order valence-electron chi connectivity index (χ3n) is 3.21. The molecule has 0 saturated heterocycles. The Balaban J connectivity index is 3.61. The van der Waals surface area contributed by atoms with E-state index in [1.165, 1.54) is 31.7 Å². The Labute approximate surface area is 104 Å². The second-order valence-electron chi connectivity index (χ2n) is 5.10. The SMILES string of the molecule is CCO[SiH](CCCCC(C)(C)CC)OCC. The van der Waals surface area contributed by atoms with E-state index in [1.54, 1.807) is 0 Å². The number of rotatable bonds is 10. The summed E-state index contributed by atoms with van der Waals surface area (Å²) in [4.78, 5) is 0. The van der Waals surface area contributed by atoms with Gasteiger partial charge in [0.15, 0.2) is 0 Å². The highest BCUT2D eigenvalue weighted by Crippen LogP contribution is 2.27. The van der Waals surface area contributed by atoms with Crippen LogP contribution in [0, 0.1) is 5.41 Å². The Morgan fingerprint density at radius 3 is 1.94 bits per heavy atom. The van der Waals surface area contributed by atoms with Gasteiger partial charge in [-0.25, -0.2) is 0 Å². The van der Waals surface area contributed by atoms with Crippen molar-refractivity contribution < 1.29 is 8.85 Å². The van der Waals surface area contributed by atoms with Crippen LogP contribution >= 0.6 is 0 Å². The largest absolute Gasteiger partial charge is 0.397 e. The molecule has 0 heterocycles. The predicted octanol–water partition coefficient (Wildman–Crippen LogP) is 3.89. The molecule has 0 fully saturated rings. The molecule has 0 N–H and O–H groups in total. The average molecular weight is 246 g/mol. The normalized spacial score (nSPS) is 12.4. The quantitative estimate of drug-likeness (QED) is 0.430. The van der Waals surface area contributed by atoms with Crippen molar-refractivity contribution in [3.05, 3.63) is 0 Å². The molecule has 0 rings (SSSR count). The van der Waals surface area contributed by atoms with Crippen LogP contribution in [-0.2, 0) is 8.85 Å². The molecule has 16 heavy (non-hydrogen) atoms. The van der Waals surface area contributed by atoms with Gasteiger partial charge in [0.2, 0.25) is 0 Å². The fourth-order valence-electron chi connectivity index (χ4n) is 1.68.